The summed E-state index contributed by atoms with van der Waals surface area (Å²) in [6.07, 6.45) is 0. The highest BCUT2D eigenvalue weighted by atomic mass is 15.0. The van der Waals surface area contributed by atoms with Crippen LogP contribution in [-0.2, 0) is 0 Å². The molecule has 0 aliphatic heterocycles. The summed E-state index contributed by atoms with van der Waals surface area (Å²) >= 11 is 0. The molecule has 1 aromatic heterocycles. The Morgan fingerprint density at radius 3 is 1.45 bits per heavy atom. The van der Waals surface area contributed by atoms with Crippen molar-refractivity contribution in [3.8, 4) is 39.1 Å². The van der Waals surface area contributed by atoms with E-state index in [-0.39, 0.29) is 5.92 Å². The number of hydrogen-bond acceptors (Lipinski definition) is 0. The molecule has 0 N–H and O–H groups in total. The molecule has 206 valence electrons. The van der Waals surface area contributed by atoms with E-state index in [1.165, 1.54) is 77.6 Å². The summed E-state index contributed by atoms with van der Waals surface area (Å²) in [6, 6.07) is 62.1. The minimum atomic E-state index is 0.230. The van der Waals surface area contributed by atoms with Gasteiger partial charge in [0, 0.05) is 22.4 Å². The summed E-state index contributed by atoms with van der Waals surface area (Å²) in [4.78, 5) is 0. The molecule has 1 nitrogen and oxygen atoms in total. The first kappa shape index (κ1) is 24.9. The summed E-state index contributed by atoms with van der Waals surface area (Å²) in [5.74, 6) is 0.230. The van der Waals surface area contributed by atoms with Gasteiger partial charge in [-0.25, -0.2) is 0 Å². The maximum atomic E-state index is 2.40. The van der Waals surface area contributed by atoms with Gasteiger partial charge in [-0.1, -0.05) is 146 Å². The maximum Gasteiger partial charge on any atom is 0.0541 e. The summed E-state index contributed by atoms with van der Waals surface area (Å²) in [7, 11) is 0. The highest BCUT2D eigenvalue weighted by Gasteiger charge is 2.29. The maximum absolute atomic E-state index is 2.40. The third-order valence-corrected chi connectivity index (χ3v) is 9.29. The van der Waals surface area contributed by atoms with Crippen molar-refractivity contribution in [3.05, 3.63) is 187 Å². The molecule has 1 heterocycles. The van der Waals surface area contributed by atoms with Gasteiger partial charge >= 0.3 is 0 Å². The molecule has 0 fully saturated rings. The smallest absolute Gasteiger partial charge is 0.0541 e. The van der Waals surface area contributed by atoms with Crippen molar-refractivity contribution >= 4 is 21.8 Å². The molecule has 0 atom stereocenters. The zero-order valence-electron chi connectivity index (χ0n) is 24.2. The fraction of sp³-hybridized carbons (Fsp3) is 0.0233. The Morgan fingerprint density at radius 1 is 0.364 bits per heavy atom. The molecule has 0 amide bonds. The first-order valence-electron chi connectivity index (χ1n) is 15.3. The van der Waals surface area contributed by atoms with Gasteiger partial charge in [-0.2, -0.15) is 0 Å². The van der Waals surface area contributed by atoms with Gasteiger partial charge in [-0.05, 0) is 74.3 Å². The molecule has 1 aliphatic rings. The number of aromatic nitrogens is 1. The Balaban J connectivity index is 1.18. The summed E-state index contributed by atoms with van der Waals surface area (Å²) in [5.41, 5.74) is 15.3. The summed E-state index contributed by atoms with van der Waals surface area (Å²) in [6.45, 7) is 0. The Labute approximate surface area is 257 Å². The second kappa shape index (κ2) is 9.97. The van der Waals surface area contributed by atoms with Crippen LogP contribution in [0.4, 0.5) is 0 Å². The van der Waals surface area contributed by atoms with Crippen LogP contribution in [0.3, 0.4) is 0 Å². The first-order chi connectivity index (χ1) is 21.8. The van der Waals surface area contributed by atoms with Crippen molar-refractivity contribution < 1.29 is 0 Å². The molecular formula is C43H29N. The van der Waals surface area contributed by atoms with Crippen molar-refractivity contribution in [2.45, 2.75) is 5.92 Å². The van der Waals surface area contributed by atoms with E-state index in [1.54, 1.807) is 0 Å². The number of fused-ring (bicyclic) bond motifs is 6. The molecule has 0 unspecified atom stereocenters. The molecule has 0 saturated heterocycles. The molecule has 0 spiro atoms. The largest absolute Gasteiger partial charge is 0.309 e. The highest BCUT2D eigenvalue weighted by Crippen LogP contribution is 2.48. The summed E-state index contributed by atoms with van der Waals surface area (Å²) in [5, 5.41) is 2.56. The molecule has 9 rings (SSSR count). The highest BCUT2D eigenvalue weighted by molar-refractivity contribution is 6.09. The lowest BCUT2D eigenvalue weighted by Crippen LogP contribution is -1.99. The zero-order valence-corrected chi connectivity index (χ0v) is 24.2. The second-order valence-corrected chi connectivity index (χ2v) is 11.7. The minimum absolute atomic E-state index is 0.230. The molecule has 0 saturated carbocycles. The number of para-hydroxylation sites is 2. The predicted molar refractivity (Wildman–Crippen MR) is 184 cm³/mol. The standard InChI is InChI=1S/C43H29N/c1-2-18-34(30-14-12-16-32(28-30)44-41-25-9-7-21-37(41)38-22-8-10-26-42(38)44)33(17-1)29-13-11-15-31(27-29)43-39-23-5-3-19-35(39)36-20-4-6-24-40(36)43/h1-28,43H. The number of hydrogen-bond donors (Lipinski definition) is 0. The van der Waals surface area contributed by atoms with Gasteiger partial charge in [0.25, 0.3) is 0 Å². The van der Waals surface area contributed by atoms with Crippen LogP contribution >= 0.6 is 0 Å². The van der Waals surface area contributed by atoms with Crippen molar-refractivity contribution in [2.24, 2.45) is 0 Å². The van der Waals surface area contributed by atoms with E-state index in [0.717, 1.165) is 0 Å². The topological polar surface area (TPSA) is 4.93 Å². The number of rotatable bonds is 4. The third kappa shape index (κ3) is 3.80. The number of benzene rings is 7. The minimum Gasteiger partial charge on any atom is -0.309 e. The monoisotopic (exact) mass is 559 g/mol. The van der Waals surface area contributed by atoms with E-state index >= 15 is 0 Å². The molecule has 8 aromatic rings. The van der Waals surface area contributed by atoms with Gasteiger partial charge in [0.15, 0.2) is 0 Å². The quantitative estimate of drug-likeness (QED) is 0.202. The third-order valence-electron chi connectivity index (χ3n) is 9.29. The average molecular weight is 560 g/mol. The molecule has 1 heteroatoms. The number of nitrogens with zero attached hydrogens (tertiary/aromatic N) is 1. The van der Waals surface area contributed by atoms with E-state index in [0.29, 0.717) is 0 Å². The Kier molecular flexibility index (Phi) is 5.64. The fourth-order valence-electron chi connectivity index (χ4n) is 7.40. The van der Waals surface area contributed by atoms with Crippen LogP contribution < -0.4 is 0 Å². The van der Waals surface area contributed by atoms with Crippen LogP contribution in [0.5, 0.6) is 0 Å². The Morgan fingerprint density at radius 2 is 0.841 bits per heavy atom. The van der Waals surface area contributed by atoms with Gasteiger partial charge in [-0.15, -0.1) is 0 Å². The van der Waals surface area contributed by atoms with Gasteiger partial charge in [0.2, 0.25) is 0 Å². The van der Waals surface area contributed by atoms with Gasteiger partial charge in [0.1, 0.15) is 0 Å². The van der Waals surface area contributed by atoms with Crippen molar-refractivity contribution in [1.82, 2.24) is 4.57 Å². The Hall–Kier alpha value is -5.66. The van der Waals surface area contributed by atoms with Gasteiger partial charge in [-0.3, -0.25) is 0 Å². The van der Waals surface area contributed by atoms with Crippen LogP contribution in [-0.4, -0.2) is 4.57 Å². The van der Waals surface area contributed by atoms with E-state index in [4.69, 9.17) is 0 Å². The predicted octanol–water partition coefficient (Wildman–Crippen LogP) is 11.3. The molecular weight excluding hydrogens is 530 g/mol. The van der Waals surface area contributed by atoms with Crippen LogP contribution in [0.15, 0.2) is 170 Å². The lowest BCUT2D eigenvalue weighted by Gasteiger charge is -2.17. The van der Waals surface area contributed by atoms with Crippen molar-refractivity contribution in [3.63, 3.8) is 0 Å². The fourth-order valence-corrected chi connectivity index (χ4v) is 7.40. The summed E-state index contributed by atoms with van der Waals surface area (Å²) < 4.78 is 2.40. The normalized spacial score (nSPS) is 12.5. The lowest BCUT2D eigenvalue weighted by molar-refractivity contribution is 1.02. The van der Waals surface area contributed by atoms with Gasteiger partial charge in [0.05, 0.1) is 11.0 Å². The van der Waals surface area contributed by atoms with E-state index in [1.807, 2.05) is 0 Å². The van der Waals surface area contributed by atoms with Crippen molar-refractivity contribution in [1.29, 1.82) is 0 Å². The molecule has 0 radical (unpaired) electrons. The molecule has 0 bridgehead atoms. The van der Waals surface area contributed by atoms with Crippen LogP contribution in [0.25, 0.3) is 60.9 Å². The van der Waals surface area contributed by atoms with E-state index < -0.39 is 0 Å². The van der Waals surface area contributed by atoms with E-state index in [9.17, 15) is 0 Å². The van der Waals surface area contributed by atoms with E-state index in [2.05, 4.69) is 174 Å². The molecule has 1 aliphatic carbocycles. The molecule has 44 heavy (non-hydrogen) atoms. The lowest BCUT2D eigenvalue weighted by atomic mass is 9.86. The Bertz CT molecular complexity index is 2260. The van der Waals surface area contributed by atoms with Crippen molar-refractivity contribution in [2.75, 3.05) is 0 Å². The van der Waals surface area contributed by atoms with Crippen LogP contribution in [0.1, 0.15) is 22.6 Å². The SMILES string of the molecule is c1cc(-c2ccccc2-c2cccc(-n3c4ccccc4c4ccccc43)c2)cc(C2c3ccccc3-c3ccccc32)c1. The zero-order chi connectivity index (χ0) is 29.0. The van der Waals surface area contributed by atoms with Crippen LogP contribution in [0, 0.1) is 0 Å². The molecule has 7 aromatic carbocycles. The first-order valence-corrected chi connectivity index (χ1v) is 15.3. The second-order valence-electron chi connectivity index (χ2n) is 11.7. The van der Waals surface area contributed by atoms with Crippen LogP contribution in [0.2, 0.25) is 0 Å². The average Bonchev–Trinajstić information content (AvgIpc) is 3.62. The van der Waals surface area contributed by atoms with Gasteiger partial charge < -0.3 is 4.57 Å².